The van der Waals surface area contributed by atoms with Crippen molar-refractivity contribution in [3.63, 3.8) is 0 Å². The lowest BCUT2D eigenvalue weighted by Crippen LogP contribution is -2.38. The van der Waals surface area contributed by atoms with Gasteiger partial charge in [0.2, 0.25) is 5.89 Å². The van der Waals surface area contributed by atoms with Crippen molar-refractivity contribution in [1.82, 2.24) is 15.2 Å². The van der Waals surface area contributed by atoms with Crippen molar-refractivity contribution < 1.29 is 13.9 Å². The van der Waals surface area contributed by atoms with E-state index in [1.165, 1.54) is 0 Å². The molecule has 1 N–H and O–H groups in total. The number of rotatable bonds is 6. The van der Waals surface area contributed by atoms with Crippen molar-refractivity contribution in [3.8, 4) is 11.5 Å². The number of aryl methyl sites for hydroxylation is 1. The number of hydrogen-bond donors (Lipinski definition) is 1. The van der Waals surface area contributed by atoms with Gasteiger partial charge in [0.25, 0.3) is 0 Å². The molecule has 0 unspecified atom stereocenters. The van der Waals surface area contributed by atoms with Crippen molar-refractivity contribution in [3.05, 3.63) is 41.1 Å². The van der Waals surface area contributed by atoms with Crippen LogP contribution in [0.15, 0.2) is 27.7 Å². The van der Waals surface area contributed by atoms with Crippen LogP contribution >= 0.6 is 24.0 Å². The van der Waals surface area contributed by atoms with Gasteiger partial charge in [0.15, 0.2) is 17.5 Å². The normalized spacial score (nSPS) is 11.7. The molecule has 1 heterocycles. The van der Waals surface area contributed by atoms with Crippen molar-refractivity contribution in [2.24, 2.45) is 4.99 Å². The largest absolute Gasteiger partial charge is 0.493 e. The van der Waals surface area contributed by atoms with E-state index in [0.29, 0.717) is 24.7 Å². The Morgan fingerprint density at radius 2 is 1.83 bits per heavy atom. The highest BCUT2D eigenvalue weighted by Crippen LogP contribution is 2.30. The fraction of sp³-hybridized carbons (Fsp3) is 0.524. The zero-order valence-corrected chi connectivity index (χ0v) is 21.0. The second-order valence-corrected chi connectivity index (χ2v) is 7.76. The molecule has 1 aromatic carbocycles. The molecule has 8 heteroatoms. The van der Waals surface area contributed by atoms with E-state index in [1.807, 2.05) is 24.1 Å². The molecule has 0 fully saturated rings. The van der Waals surface area contributed by atoms with Gasteiger partial charge in [-0.2, -0.15) is 0 Å². The van der Waals surface area contributed by atoms with E-state index in [0.717, 1.165) is 28.6 Å². The van der Waals surface area contributed by atoms with Crippen LogP contribution in [0.5, 0.6) is 11.5 Å². The Morgan fingerprint density at radius 3 is 2.34 bits per heavy atom. The molecule has 0 aliphatic rings. The molecular formula is C21H33IN4O3. The lowest BCUT2D eigenvalue weighted by Gasteiger charge is -2.23. The number of oxazole rings is 1. The van der Waals surface area contributed by atoms with Crippen LogP contribution in [-0.4, -0.2) is 44.2 Å². The fourth-order valence-corrected chi connectivity index (χ4v) is 2.80. The van der Waals surface area contributed by atoms with E-state index in [4.69, 9.17) is 13.9 Å². The van der Waals surface area contributed by atoms with E-state index in [9.17, 15) is 0 Å². The molecule has 0 aliphatic heterocycles. The van der Waals surface area contributed by atoms with Crippen LogP contribution in [-0.2, 0) is 18.5 Å². The van der Waals surface area contributed by atoms with Crippen molar-refractivity contribution >= 4 is 29.9 Å². The monoisotopic (exact) mass is 516 g/mol. The number of halogens is 1. The summed E-state index contributed by atoms with van der Waals surface area (Å²) in [4.78, 5) is 10.8. The molecule has 2 aromatic rings. The lowest BCUT2D eigenvalue weighted by molar-refractivity contribution is 0.353. The minimum Gasteiger partial charge on any atom is -0.493 e. The summed E-state index contributed by atoms with van der Waals surface area (Å²) in [5, 5.41) is 3.30. The molecule has 162 valence electrons. The molecule has 0 atom stereocenters. The van der Waals surface area contributed by atoms with Gasteiger partial charge in [-0.3, -0.25) is 4.99 Å². The molecule has 0 amide bonds. The molecule has 1 aromatic heterocycles. The number of nitrogens with zero attached hydrogens (tertiary/aromatic N) is 3. The van der Waals surface area contributed by atoms with Crippen LogP contribution in [0.25, 0.3) is 0 Å². The summed E-state index contributed by atoms with van der Waals surface area (Å²) < 4.78 is 16.6. The third-order valence-electron chi connectivity index (χ3n) is 4.51. The minimum atomic E-state index is -0.0608. The highest BCUT2D eigenvalue weighted by atomic mass is 127. The topological polar surface area (TPSA) is 72.1 Å². The van der Waals surface area contributed by atoms with Crippen LogP contribution in [0, 0.1) is 6.92 Å². The Hall–Kier alpha value is -1.97. The average Bonchev–Trinajstić information content (AvgIpc) is 3.13. The maximum Gasteiger partial charge on any atom is 0.213 e. The molecule has 2 rings (SSSR count). The standard InChI is InChI=1S/C21H32N4O3.HI/c1-14-9-16(26-7)17(27-8)10-15(14)13-25(6)20(22-5)24-12-19-23-11-18(28-19)21(2,3)4;/h9-11H,12-13H2,1-8H3,(H,22,24);1H. The second kappa shape index (κ2) is 10.7. The number of benzene rings is 1. The fourth-order valence-electron chi connectivity index (χ4n) is 2.80. The molecule has 7 nitrogen and oxygen atoms in total. The average molecular weight is 516 g/mol. The summed E-state index contributed by atoms with van der Waals surface area (Å²) >= 11 is 0. The highest BCUT2D eigenvalue weighted by Gasteiger charge is 2.19. The van der Waals surface area contributed by atoms with Crippen LogP contribution in [0.1, 0.15) is 43.5 Å². The Labute approximate surface area is 190 Å². The number of guanidine groups is 1. The number of nitrogens with one attached hydrogen (secondary N) is 1. The van der Waals surface area contributed by atoms with Gasteiger partial charge in [-0.15, -0.1) is 24.0 Å². The Morgan fingerprint density at radius 1 is 1.21 bits per heavy atom. The molecule has 0 bridgehead atoms. The number of aromatic nitrogens is 1. The van der Waals surface area contributed by atoms with Gasteiger partial charge in [-0.25, -0.2) is 4.98 Å². The van der Waals surface area contributed by atoms with Gasteiger partial charge >= 0.3 is 0 Å². The third kappa shape index (κ3) is 6.52. The number of methoxy groups -OCH3 is 2. The van der Waals surface area contributed by atoms with E-state index in [2.05, 4.69) is 43.0 Å². The number of hydrogen-bond acceptors (Lipinski definition) is 5. The van der Waals surface area contributed by atoms with Gasteiger partial charge in [0.1, 0.15) is 5.76 Å². The van der Waals surface area contributed by atoms with E-state index in [1.54, 1.807) is 27.5 Å². The zero-order chi connectivity index (χ0) is 20.9. The maximum atomic E-state index is 5.84. The Balaban J connectivity index is 0.00000420. The van der Waals surface area contributed by atoms with Crippen molar-refractivity contribution in [2.75, 3.05) is 28.3 Å². The van der Waals surface area contributed by atoms with Gasteiger partial charge in [-0.05, 0) is 30.2 Å². The van der Waals surface area contributed by atoms with Crippen LogP contribution in [0.4, 0.5) is 0 Å². The summed E-state index contributed by atoms with van der Waals surface area (Å²) in [6.45, 7) is 9.50. The molecule has 0 saturated heterocycles. The number of aliphatic imine (C=N–C) groups is 1. The first-order valence-corrected chi connectivity index (χ1v) is 9.28. The third-order valence-corrected chi connectivity index (χ3v) is 4.51. The highest BCUT2D eigenvalue weighted by molar-refractivity contribution is 14.0. The predicted molar refractivity (Wildman–Crippen MR) is 127 cm³/mol. The van der Waals surface area contributed by atoms with E-state index < -0.39 is 0 Å². The molecule has 29 heavy (non-hydrogen) atoms. The first kappa shape index (κ1) is 25.1. The van der Waals surface area contributed by atoms with Gasteiger partial charge in [-0.1, -0.05) is 20.8 Å². The summed E-state index contributed by atoms with van der Waals surface area (Å²) in [5.41, 5.74) is 2.20. The molecular weight excluding hydrogens is 483 g/mol. The lowest BCUT2D eigenvalue weighted by atomic mass is 9.94. The molecule has 0 saturated carbocycles. The van der Waals surface area contributed by atoms with Gasteiger partial charge in [0.05, 0.1) is 27.0 Å². The van der Waals surface area contributed by atoms with Crippen molar-refractivity contribution in [2.45, 2.75) is 46.2 Å². The van der Waals surface area contributed by atoms with Crippen molar-refractivity contribution in [1.29, 1.82) is 0 Å². The van der Waals surface area contributed by atoms with Gasteiger partial charge in [0, 0.05) is 26.1 Å². The smallest absolute Gasteiger partial charge is 0.213 e. The van der Waals surface area contributed by atoms with Crippen LogP contribution < -0.4 is 14.8 Å². The predicted octanol–water partition coefficient (Wildman–Crippen LogP) is 4.12. The minimum absolute atomic E-state index is 0. The number of ether oxygens (including phenoxy) is 2. The van der Waals surface area contributed by atoms with Crippen LogP contribution in [0.3, 0.4) is 0 Å². The van der Waals surface area contributed by atoms with E-state index >= 15 is 0 Å². The summed E-state index contributed by atoms with van der Waals surface area (Å²) in [6.07, 6.45) is 1.79. The summed E-state index contributed by atoms with van der Waals surface area (Å²) in [5.74, 6) is 3.71. The SMILES string of the molecule is CN=C(NCc1ncc(C(C)(C)C)o1)N(C)Cc1cc(OC)c(OC)cc1C.I. The maximum absolute atomic E-state index is 5.84. The Bertz CT molecular complexity index is 828. The first-order valence-electron chi connectivity index (χ1n) is 9.28. The first-order chi connectivity index (χ1) is 13.2. The molecule has 0 aliphatic carbocycles. The Kier molecular flexibility index (Phi) is 9.25. The van der Waals surface area contributed by atoms with Crippen LogP contribution in [0.2, 0.25) is 0 Å². The van der Waals surface area contributed by atoms with E-state index in [-0.39, 0.29) is 29.4 Å². The summed E-state index contributed by atoms with van der Waals surface area (Å²) in [7, 11) is 7.03. The molecule has 0 radical (unpaired) electrons. The summed E-state index contributed by atoms with van der Waals surface area (Å²) in [6, 6.07) is 3.99. The van der Waals surface area contributed by atoms with Gasteiger partial charge < -0.3 is 24.1 Å². The second-order valence-electron chi connectivity index (χ2n) is 7.76. The quantitative estimate of drug-likeness (QED) is 0.354. The zero-order valence-electron chi connectivity index (χ0n) is 18.6. The molecule has 0 spiro atoms.